The second kappa shape index (κ2) is 10.7. The van der Waals surface area contributed by atoms with Crippen LogP contribution in [0.3, 0.4) is 0 Å². The number of ether oxygens (including phenoxy) is 2. The molecule has 136 valence electrons. The zero-order valence-corrected chi connectivity index (χ0v) is 13.8. The molecule has 0 amide bonds. The van der Waals surface area contributed by atoms with E-state index < -0.39 is 12.8 Å². The Kier molecular flexibility index (Phi) is 8.92. The summed E-state index contributed by atoms with van der Waals surface area (Å²) in [5, 5.41) is 6.19. The third-order valence-corrected chi connectivity index (χ3v) is 2.83. The maximum Gasteiger partial charge on any atom is 0.422 e. The van der Waals surface area contributed by atoms with Crippen LogP contribution in [-0.4, -0.2) is 50.5 Å². The number of pyridine rings is 1. The lowest BCUT2D eigenvalue weighted by Crippen LogP contribution is -2.37. The monoisotopic (exact) mass is 348 g/mol. The van der Waals surface area contributed by atoms with Gasteiger partial charge in [-0.25, -0.2) is 4.98 Å². The summed E-state index contributed by atoms with van der Waals surface area (Å²) in [6.45, 7) is 3.03. The number of aliphatic imine (C=N–C) groups is 1. The van der Waals surface area contributed by atoms with Crippen LogP contribution in [0, 0.1) is 0 Å². The van der Waals surface area contributed by atoms with Crippen molar-refractivity contribution in [2.75, 3.05) is 33.4 Å². The van der Waals surface area contributed by atoms with Gasteiger partial charge in [-0.15, -0.1) is 0 Å². The minimum absolute atomic E-state index is 0.0636. The van der Waals surface area contributed by atoms with Crippen molar-refractivity contribution in [3.63, 3.8) is 0 Å². The van der Waals surface area contributed by atoms with E-state index in [0.29, 0.717) is 32.3 Å². The van der Waals surface area contributed by atoms with Crippen LogP contribution in [0.1, 0.15) is 18.9 Å². The largest absolute Gasteiger partial charge is 0.468 e. The molecule has 0 spiro atoms. The van der Waals surface area contributed by atoms with Crippen molar-refractivity contribution >= 4 is 5.96 Å². The first-order valence-electron chi connectivity index (χ1n) is 7.61. The number of halogens is 3. The van der Waals surface area contributed by atoms with Gasteiger partial charge in [0.25, 0.3) is 0 Å². The topological polar surface area (TPSA) is 67.8 Å². The molecule has 0 unspecified atom stereocenters. The fourth-order valence-corrected chi connectivity index (χ4v) is 1.73. The third-order valence-electron chi connectivity index (χ3n) is 2.83. The van der Waals surface area contributed by atoms with Crippen molar-refractivity contribution in [1.82, 2.24) is 15.6 Å². The lowest BCUT2D eigenvalue weighted by molar-refractivity contribution is -0.154. The second-order valence-corrected chi connectivity index (χ2v) is 4.81. The molecule has 0 aromatic carbocycles. The molecule has 9 heteroatoms. The molecule has 24 heavy (non-hydrogen) atoms. The van der Waals surface area contributed by atoms with Crippen molar-refractivity contribution < 1.29 is 22.6 Å². The third kappa shape index (κ3) is 9.19. The Labute approximate surface area is 139 Å². The van der Waals surface area contributed by atoms with Crippen LogP contribution in [-0.2, 0) is 11.3 Å². The summed E-state index contributed by atoms with van der Waals surface area (Å²) in [6, 6.07) is 3.15. The van der Waals surface area contributed by atoms with Gasteiger partial charge in [0, 0.05) is 45.6 Å². The predicted octanol–water partition coefficient (Wildman–Crippen LogP) is 2.11. The maximum atomic E-state index is 12.1. The van der Waals surface area contributed by atoms with Crippen LogP contribution >= 0.6 is 0 Å². The van der Waals surface area contributed by atoms with Crippen LogP contribution in [0.25, 0.3) is 0 Å². The van der Waals surface area contributed by atoms with E-state index in [1.807, 2.05) is 6.92 Å². The average molecular weight is 348 g/mol. The quantitative estimate of drug-likeness (QED) is 0.406. The highest BCUT2D eigenvalue weighted by atomic mass is 19.4. The molecule has 6 nitrogen and oxygen atoms in total. The molecule has 1 aromatic rings. The van der Waals surface area contributed by atoms with Crippen molar-refractivity contribution in [2.45, 2.75) is 26.1 Å². The van der Waals surface area contributed by atoms with E-state index in [1.165, 1.54) is 12.3 Å². The van der Waals surface area contributed by atoms with E-state index in [1.54, 1.807) is 13.1 Å². The first-order valence-corrected chi connectivity index (χ1v) is 7.61. The number of alkyl halides is 3. The zero-order valence-electron chi connectivity index (χ0n) is 13.8. The summed E-state index contributed by atoms with van der Waals surface area (Å²) < 4.78 is 46.3. The Hall–Kier alpha value is -2.03. The molecule has 0 saturated heterocycles. The number of hydrogen-bond acceptors (Lipinski definition) is 4. The lowest BCUT2D eigenvalue weighted by Gasteiger charge is -2.13. The molecule has 0 saturated carbocycles. The SMILES string of the molecule is CCOCCCNC(=NC)NCc1ccnc(OCC(F)(F)F)c1. The van der Waals surface area contributed by atoms with Crippen LogP contribution in [0.15, 0.2) is 23.3 Å². The van der Waals surface area contributed by atoms with E-state index in [2.05, 4.69) is 25.3 Å². The van der Waals surface area contributed by atoms with Gasteiger partial charge >= 0.3 is 6.18 Å². The molecular weight excluding hydrogens is 325 g/mol. The van der Waals surface area contributed by atoms with Crippen molar-refractivity contribution in [3.8, 4) is 5.88 Å². The smallest absolute Gasteiger partial charge is 0.422 e. The minimum atomic E-state index is -4.39. The molecule has 0 bridgehead atoms. The van der Waals surface area contributed by atoms with Crippen molar-refractivity contribution in [2.24, 2.45) is 4.99 Å². The molecular formula is C15H23F3N4O2. The Bertz CT molecular complexity index is 510. The van der Waals surface area contributed by atoms with Crippen molar-refractivity contribution in [1.29, 1.82) is 0 Å². The van der Waals surface area contributed by atoms with E-state index >= 15 is 0 Å². The predicted molar refractivity (Wildman–Crippen MR) is 85.1 cm³/mol. The highest BCUT2D eigenvalue weighted by Gasteiger charge is 2.28. The number of hydrogen-bond donors (Lipinski definition) is 2. The van der Waals surface area contributed by atoms with Gasteiger partial charge in [-0.1, -0.05) is 0 Å². The number of nitrogens with one attached hydrogen (secondary N) is 2. The van der Waals surface area contributed by atoms with E-state index in [9.17, 15) is 13.2 Å². The Morgan fingerprint density at radius 1 is 1.33 bits per heavy atom. The fraction of sp³-hybridized carbons (Fsp3) is 0.600. The van der Waals surface area contributed by atoms with Gasteiger partial charge in [0.2, 0.25) is 5.88 Å². The molecule has 0 aliphatic heterocycles. The molecule has 0 radical (unpaired) electrons. The van der Waals surface area contributed by atoms with Gasteiger partial charge in [-0.3, -0.25) is 4.99 Å². The van der Waals surface area contributed by atoms with E-state index in [-0.39, 0.29) is 5.88 Å². The molecule has 0 fully saturated rings. The molecule has 0 aliphatic carbocycles. The lowest BCUT2D eigenvalue weighted by atomic mass is 10.2. The number of rotatable bonds is 9. The second-order valence-electron chi connectivity index (χ2n) is 4.81. The summed E-state index contributed by atoms with van der Waals surface area (Å²) in [4.78, 5) is 7.83. The fourth-order valence-electron chi connectivity index (χ4n) is 1.73. The normalized spacial score (nSPS) is 12.1. The van der Waals surface area contributed by atoms with E-state index in [4.69, 9.17) is 4.74 Å². The van der Waals surface area contributed by atoms with Crippen molar-refractivity contribution in [3.05, 3.63) is 23.9 Å². The Morgan fingerprint density at radius 2 is 2.12 bits per heavy atom. The zero-order chi connectivity index (χ0) is 17.8. The van der Waals surface area contributed by atoms with Gasteiger partial charge in [0.15, 0.2) is 12.6 Å². The number of guanidine groups is 1. The molecule has 0 aliphatic rings. The first kappa shape index (κ1) is 20.0. The molecule has 2 N–H and O–H groups in total. The van der Waals surface area contributed by atoms with Crippen LogP contribution in [0.4, 0.5) is 13.2 Å². The van der Waals surface area contributed by atoms with Crippen LogP contribution in [0.5, 0.6) is 5.88 Å². The first-order chi connectivity index (χ1) is 11.4. The van der Waals surface area contributed by atoms with Gasteiger partial charge in [-0.2, -0.15) is 13.2 Å². The van der Waals surface area contributed by atoms with Gasteiger partial charge < -0.3 is 20.1 Å². The maximum absolute atomic E-state index is 12.1. The standard InChI is InChI=1S/C15H23F3N4O2/c1-3-23-8-4-6-21-14(19-2)22-10-12-5-7-20-13(9-12)24-11-15(16,17)18/h5,7,9H,3-4,6,8,10-11H2,1-2H3,(H2,19,21,22). The summed E-state index contributed by atoms with van der Waals surface area (Å²) in [5.74, 6) is 0.535. The minimum Gasteiger partial charge on any atom is -0.468 e. The number of nitrogens with zero attached hydrogens (tertiary/aromatic N) is 2. The molecule has 0 atom stereocenters. The number of aromatic nitrogens is 1. The summed E-state index contributed by atoms with van der Waals surface area (Å²) in [7, 11) is 1.64. The molecule has 1 rings (SSSR count). The van der Waals surface area contributed by atoms with Gasteiger partial charge in [0.05, 0.1) is 0 Å². The average Bonchev–Trinajstić information content (AvgIpc) is 2.55. The van der Waals surface area contributed by atoms with Crippen LogP contribution in [0.2, 0.25) is 0 Å². The molecule has 1 heterocycles. The van der Waals surface area contributed by atoms with Gasteiger partial charge in [0.1, 0.15) is 0 Å². The highest BCUT2D eigenvalue weighted by Crippen LogP contribution is 2.17. The summed E-state index contributed by atoms with van der Waals surface area (Å²) in [5.41, 5.74) is 0.736. The highest BCUT2D eigenvalue weighted by molar-refractivity contribution is 5.79. The Balaban J connectivity index is 2.39. The van der Waals surface area contributed by atoms with Gasteiger partial charge in [-0.05, 0) is 25.0 Å². The Morgan fingerprint density at radius 3 is 2.79 bits per heavy atom. The summed E-state index contributed by atoms with van der Waals surface area (Å²) >= 11 is 0. The molecule has 1 aromatic heterocycles. The summed E-state index contributed by atoms with van der Waals surface area (Å²) in [6.07, 6.45) is -2.14. The van der Waals surface area contributed by atoms with E-state index in [0.717, 1.165) is 12.0 Å². The van der Waals surface area contributed by atoms with Crippen LogP contribution < -0.4 is 15.4 Å².